The summed E-state index contributed by atoms with van der Waals surface area (Å²) in [7, 11) is 0. The van der Waals surface area contributed by atoms with Crippen molar-refractivity contribution in [1.82, 2.24) is 9.97 Å². The molecule has 278 valence electrons. The molecule has 0 radical (unpaired) electrons. The van der Waals surface area contributed by atoms with Gasteiger partial charge in [-0.3, -0.25) is 0 Å². The molecule has 3 heteroatoms. The summed E-state index contributed by atoms with van der Waals surface area (Å²) in [5.74, 6) is 0.685. The molecule has 0 unspecified atom stereocenters. The van der Waals surface area contributed by atoms with Crippen molar-refractivity contribution < 1.29 is 0 Å². The Bertz CT molecular complexity index is 3050. The summed E-state index contributed by atoms with van der Waals surface area (Å²) < 4.78 is 0. The molecule has 3 nitrogen and oxygen atoms in total. The minimum absolute atomic E-state index is 0.163. The summed E-state index contributed by atoms with van der Waals surface area (Å²) in [6, 6.07) is 72.8. The molecule has 59 heavy (non-hydrogen) atoms. The van der Waals surface area contributed by atoms with Crippen LogP contribution in [-0.4, -0.2) is 9.97 Å². The van der Waals surface area contributed by atoms with Gasteiger partial charge < -0.3 is 0 Å². The van der Waals surface area contributed by atoms with Crippen molar-refractivity contribution in [3.8, 4) is 95.6 Å². The van der Waals surface area contributed by atoms with Gasteiger partial charge in [-0.05, 0) is 103 Å². The summed E-state index contributed by atoms with van der Waals surface area (Å²) in [5.41, 5.74) is 19.5. The zero-order valence-electron chi connectivity index (χ0n) is 32.9. The van der Waals surface area contributed by atoms with Crippen LogP contribution in [-0.2, 0) is 5.41 Å². The standard InChI is InChI=1S/C56H39N3/c1-56(2)51-30-28-47(34-50(51)49-29-19-37(36-57)31-52(49)56)46-17-9-15-44(32-46)41-20-24-42(25-21-41)53-35-54(48-18-10-16-45(33-48)39-13-7-4-8-14-39)59-55(58-53)43-26-22-40(23-27-43)38-11-5-3-6-12-38/h3-35H,1-2H3. The third-order valence-corrected chi connectivity index (χ3v) is 11.8. The first kappa shape index (κ1) is 35.7. The van der Waals surface area contributed by atoms with E-state index in [9.17, 15) is 5.26 Å². The fourth-order valence-corrected chi connectivity index (χ4v) is 8.52. The Balaban J connectivity index is 0.996. The lowest BCUT2D eigenvalue weighted by Crippen LogP contribution is -2.15. The van der Waals surface area contributed by atoms with Gasteiger partial charge in [-0.25, -0.2) is 9.97 Å². The molecule has 0 bridgehead atoms. The number of rotatable bonds is 7. The van der Waals surface area contributed by atoms with Crippen LogP contribution in [0.25, 0.3) is 89.5 Å². The summed E-state index contributed by atoms with van der Waals surface area (Å²) in [6.07, 6.45) is 0. The summed E-state index contributed by atoms with van der Waals surface area (Å²) in [5, 5.41) is 9.57. The number of fused-ring (bicyclic) bond motifs is 3. The number of aromatic nitrogens is 2. The van der Waals surface area contributed by atoms with Crippen molar-refractivity contribution in [3.05, 3.63) is 217 Å². The Labute approximate surface area is 345 Å². The summed E-state index contributed by atoms with van der Waals surface area (Å²) in [4.78, 5) is 10.3. The number of nitriles is 1. The molecule has 10 rings (SSSR count). The molecule has 0 saturated heterocycles. The Kier molecular flexibility index (Phi) is 8.89. The minimum Gasteiger partial charge on any atom is -0.228 e. The third-order valence-electron chi connectivity index (χ3n) is 11.8. The van der Waals surface area contributed by atoms with E-state index in [0.717, 1.165) is 55.9 Å². The van der Waals surface area contributed by atoms with Crippen molar-refractivity contribution >= 4 is 0 Å². The molecular formula is C56H39N3. The quantitative estimate of drug-likeness (QED) is 0.163. The van der Waals surface area contributed by atoms with Crippen LogP contribution in [0.4, 0.5) is 0 Å². The predicted octanol–water partition coefficient (Wildman–Crippen LogP) is 14.3. The van der Waals surface area contributed by atoms with E-state index in [1.165, 1.54) is 38.9 Å². The molecule has 0 atom stereocenters. The van der Waals surface area contributed by atoms with E-state index < -0.39 is 0 Å². The maximum Gasteiger partial charge on any atom is 0.160 e. The molecule has 1 aliphatic rings. The molecule has 0 N–H and O–H groups in total. The van der Waals surface area contributed by atoms with Crippen LogP contribution < -0.4 is 0 Å². The van der Waals surface area contributed by atoms with E-state index in [2.05, 4.69) is 202 Å². The normalized spacial score (nSPS) is 12.4. The Morgan fingerprint density at radius 1 is 0.356 bits per heavy atom. The van der Waals surface area contributed by atoms with Crippen LogP contribution in [0.15, 0.2) is 200 Å². The highest BCUT2D eigenvalue weighted by Gasteiger charge is 2.35. The second kappa shape index (κ2) is 14.7. The monoisotopic (exact) mass is 753 g/mol. The van der Waals surface area contributed by atoms with Gasteiger partial charge in [-0.1, -0.05) is 178 Å². The van der Waals surface area contributed by atoms with Crippen LogP contribution in [0.5, 0.6) is 0 Å². The molecule has 0 amide bonds. The van der Waals surface area contributed by atoms with Crippen LogP contribution in [0, 0.1) is 11.3 Å². The van der Waals surface area contributed by atoms with Gasteiger partial charge in [-0.2, -0.15) is 5.26 Å². The zero-order chi connectivity index (χ0) is 39.9. The second-order valence-corrected chi connectivity index (χ2v) is 15.8. The highest BCUT2D eigenvalue weighted by Crippen LogP contribution is 2.50. The molecule has 8 aromatic carbocycles. The number of nitrogens with zero attached hydrogens (tertiary/aromatic N) is 3. The van der Waals surface area contributed by atoms with Gasteiger partial charge in [0.05, 0.1) is 23.0 Å². The van der Waals surface area contributed by atoms with E-state index in [4.69, 9.17) is 9.97 Å². The average Bonchev–Trinajstić information content (AvgIpc) is 3.54. The van der Waals surface area contributed by atoms with E-state index in [0.29, 0.717) is 11.4 Å². The van der Waals surface area contributed by atoms with Gasteiger partial charge in [0.15, 0.2) is 5.82 Å². The first-order chi connectivity index (χ1) is 28.9. The van der Waals surface area contributed by atoms with E-state index >= 15 is 0 Å². The van der Waals surface area contributed by atoms with Crippen LogP contribution in [0.3, 0.4) is 0 Å². The van der Waals surface area contributed by atoms with Crippen molar-refractivity contribution in [2.75, 3.05) is 0 Å². The number of hydrogen-bond acceptors (Lipinski definition) is 3. The second-order valence-electron chi connectivity index (χ2n) is 15.8. The minimum atomic E-state index is -0.163. The molecule has 0 spiro atoms. The van der Waals surface area contributed by atoms with Crippen molar-refractivity contribution in [2.45, 2.75) is 19.3 Å². The number of benzene rings is 8. The lowest BCUT2D eigenvalue weighted by atomic mass is 9.81. The van der Waals surface area contributed by atoms with Crippen molar-refractivity contribution in [2.24, 2.45) is 0 Å². The molecule has 0 fully saturated rings. The van der Waals surface area contributed by atoms with Crippen LogP contribution in [0.2, 0.25) is 0 Å². The molecule has 1 aliphatic carbocycles. The predicted molar refractivity (Wildman–Crippen MR) is 242 cm³/mol. The van der Waals surface area contributed by atoms with Gasteiger partial charge >= 0.3 is 0 Å². The highest BCUT2D eigenvalue weighted by atomic mass is 14.9. The van der Waals surface area contributed by atoms with Gasteiger partial charge in [-0.15, -0.1) is 0 Å². The lowest BCUT2D eigenvalue weighted by Gasteiger charge is -2.21. The fourth-order valence-electron chi connectivity index (χ4n) is 8.52. The van der Waals surface area contributed by atoms with E-state index in [1.54, 1.807) is 0 Å². The first-order valence-corrected chi connectivity index (χ1v) is 20.0. The van der Waals surface area contributed by atoms with Gasteiger partial charge in [0, 0.05) is 22.1 Å². The maximum absolute atomic E-state index is 9.57. The lowest BCUT2D eigenvalue weighted by molar-refractivity contribution is 0.660. The highest BCUT2D eigenvalue weighted by molar-refractivity contribution is 5.86. The van der Waals surface area contributed by atoms with Crippen molar-refractivity contribution in [3.63, 3.8) is 0 Å². The summed E-state index contributed by atoms with van der Waals surface area (Å²) in [6.45, 7) is 4.50. The van der Waals surface area contributed by atoms with Gasteiger partial charge in [0.2, 0.25) is 0 Å². The SMILES string of the molecule is CC1(C)c2ccc(-c3cccc(-c4ccc(-c5cc(-c6cccc(-c7ccccc7)c6)nc(-c6ccc(-c7ccccc7)cc6)n5)cc4)c3)cc2-c2ccc(C#N)cc21. The molecule has 0 aliphatic heterocycles. The average molecular weight is 754 g/mol. The Morgan fingerprint density at radius 2 is 0.814 bits per heavy atom. The molecule has 1 aromatic heterocycles. The van der Waals surface area contributed by atoms with E-state index in [-0.39, 0.29) is 5.41 Å². The molecular weight excluding hydrogens is 715 g/mol. The Hall–Kier alpha value is -7.67. The smallest absolute Gasteiger partial charge is 0.160 e. The van der Waals surface area contributed by atoms with Crippen molar-refractivity contribution in [1.29, 1.82) is 5.26 Å². The molecule has 0 saturated carbocycles. The topological polar surface area (TPSA) is 49.6 Å². The van der Waals surface area contributed by atoms with Crippen LogP contribution in [0.1, 0.15) is 30.5 Å². The largest absolute Gasteiger partial charge is 0.228 e. The number of hydrogen-bond donors (Lipinski definition) is 0. The molecule has 9 aromatic rings. The first-order valence-electron chi connectivity index (χ1n) is 20.0. The Morgan fingerprint density at radius 3 is 1.46 bits per heavy atom. The van der Waals surface area contributed by atoms with E-state index in [1.807, 2.05) is 18.2 Å². The molecule has 1 heterocycles. The van der Waals surface area contributed by atoms with Gasteiger partial charge in [0.1, 0.15) is 0 Å². The summed E-state index contributed by atoms with van der Waals surface area (Å²) >= 11 is 0. The zero-order valence-corrected chi connectivity index (χ0v) is 32.9. The fraction of sp³-hybridized carbons (Fsp3) is 0.0536. The van der Waals surface area contributed by atoms with Gasteiger partial charge in [0.25, 0.3) is 0 Å². The van der Waals surface area contributed by atoms with Crippen LogP contribution >= 0.6 is 0 Å². The third kappa shape index (κ3) is 6.71. The maximum atomic E-state index is 9.57.